The largest absolute Gasteiger partial charge is 0.494 e. The Balaban J connectivity index is 2.48. The highest BCUT2D eigenvalue weighted by atomic mass is 16.5. The second-order valence-corrected chi connectivity index (χ2v) is 3.14. The molecule has 0 aliphatic heterocycles. The van der Waals surface area contributed by atoms with Crippen LogP contribution in [0.25, 0.3) is 6.08 Å². The van der Waals surface area contributed by atoms with Crippen LogP contribution >= 0.6 is 0 Å². The molecule has 0 saturated heterocycles. The van der Waals surface area contributed by atoms with E-state index in [2.05, 4.69) is 23.3 Å². The summed E-state index contributed by atoms with van der Waals surface area (Å²) >= 11 is 0. The number of nitrogens with zero attached hydrogens (tertiary/aromatic N) is 1. The molecule has 1 N–H and O–H groups in total. The first-order chi connectivity index (χ1) is 7.38. The standard InChI is InChI=1S/C12H18N2O/c1-3-13-9-5-4-7-11-12(15-2)8-6-10-14-11/h4,6-8,10,13H,3,5,9H2,1-2H3/b7-4+. The van der Waals surface area contributed by atoms with Crippen LogP contribution in [0.15, 0.2) is 24.4 Å². The molecule has 0 aliphatic rings. The van der Waals surface area contributed by atoms with Gasteiger partial charge in [-0.25, -0.2) is 0 Å². The summed E-state index contributed by atoms with van der Waals surface area (Å²) in [6.07, 6.45) is 6.88. The molecule has 15 heavy (non-hydrogen) atoms. The molecule has 1 aromatic rings. The van der Waals surface area contributed by atoms with Gasteiger partial charge in [-0.15, -0.1) is 0 Å². The summed E-state index contributed by atoms with van der Waals surface area (Å²) in [4.78, 5) is 4.24. The van der Waals surface area contributed by atoms with Gasteiger partial charge >= 0.3 is 0 Å². The van der Waals surface area contributed by atoms with Gasteiger partial charge in [0.1, 0.15) is 11.4 Å². The Morgan fingerprint density at radius 1 is 1.53 bits per heavy atom. The number of rotatable bonds is 6. The van der Waals surface area contributed by atoms with E-state index in [0.717, 1.165) is 31.0 Å². The van der Waals surface area contributed by atoms with E-state index in [1.807, 2.05) is 18.2 Å². The van der Waals surface area contributed by atoms with Crippen molar-refractivity contribution in [2.45, 2.75) is 13.3 Å². The number of nitrogens with one attached hydrogen (secondary N) is 1. The summed E-state index contributed by atoms with van der Waals surface area (Å²) in [5.74, 6) is 0.817. The molecule has 82 valence electrons. The molecule has 0 aromatic carbocycles. The Bertz CT molecular complexity index is 310. The van der Waals surface area contributed by atoms with Gasteiger partial charge in [-0.1, -0.05) is 13.0 Å². The van der Waals surface area contributed by atoms with Gasteiger partial charge < -0.3 is 10.1 Å². The normalized spacial score (nSPS) is 10.8. The lowest BCUT2D eigenvalue weighted by Gasteiger charge is -2.02. The summed E-state index contributed by atoms with van der Waals surface area (Å²) in [6, 6.07) is 3.78. The molecular weight excluding hydrogens is 188 g/mol. The summed E-state index contributed by atoms with van der Waals surface area (Å²) < 4.78 is 5.19. The van der Waals surface area contributed by atoms with Crippen LogP contribution in [0.2, 0.25) is 0 Å². The Labute approximate surface area is 91.2 Å². The fourth-order valence-electron chi connectivity index (χ4n) is 1.26. The minimum Gasteiger partial charge on any atom is -0.494 e. The number of methoxy groups -OCH3 is 1. The van der Waals surface area contributed by atoms with Gasteiger partial charge in [0.25, 0.3) is 0 Å². The van der Waals surface area contributed by atoms with E-state index >= 15 is 0 Å². The van der Waals surface area contributed by atoms with Crippen LogP contribution in [0, 0.1) is 0 Å². The molecule has 1 aromatic heterocycles. The number of aromatic nitrogens is 1. The zero-order chi connectivity index (χ0) is 10.9. The first-order valence-corrected chi connectivity index (χ1v) is 5.24. The van der Waals surface area contributed by atoms with Crippen LogP contribution in [-0.2, 0) is 0 Å². The van der Waals surface area contributed by atoms with Crippen molar-refractivity contribution in [2.75, 3.05) is 20.2 Å². The molecule has 3 heteroatoms. The van der Waals surface area contributed by atoms with Crippen LogP contribution in [-0.4, -0.2) is 25.2 Å². The van der Waals surface area contributed by atoms with E-state index in [9.17, 15) is 0 Å². The maximum atomic E-state index is 5.19. The van der Waals surface area contributed by atoms with Crippen molar-refractivity contribution in [3.05, 3.63) is 30.1 Å². The lowest BCUT2D eigenvalue weighted by molar-refractivity contribution is 0.412. The SMILES string of the molecule is CCNCC/C=C/c1ncccc1OC. The number of hydrogen-bond acceptors (Lipinski definition) is 3. The van der Waals surface area contributed by atoms with Crippen LogP contribution in [0.3, 0.4) is 0 Å². The molecule has 0 unspecified atom stereocenters. The Morgan fingerprint density at radius 3 is 3.13 bits per heavy atom. The van der Waals surface area contributed by atoms with E-state index in [-0.39, 0.29) is 0 Å². The van der Waals surface area contributed by atoms with Gasteiger partial charge in [-0.2, -0.15) is 0 Å². The third-order valence-electron chi connectivity index (χ3n) is 2.03. The minimum absolute atomic E-state index is 0.817. The van der Waals surface area contributed by atoms with Crippen molar-refractivity contribution in [2.24, 2.45) is 0 Å². The van der Waals surface area contributed by atoms with E-state index < -0.39 is 0 Å². The minimum atomic E-state index is 0.817. The van der Waals surface area contributed by atoms with Gasteiger partial charge in [0.05, 0.1) is 7.11 Å². The molecule has 0 saturated carbocycles. The first kappa shape index (κ1) is 11.7. The fourth-order valence-corrected chi connectivity index (χ4v) is 1.26. The van der Waals surface area contributed by atoms with Crippen LogP contribution in [0.5, 0.6) is 5.75 Å². The van der Waals surface area contributed by atoms with Crippen molar-refractivity contribution in [3.63, 3.8) is 0 Å². The third kappa shape index (κ3) is 4.13. The second kappa shape index (κ2) is 7.01. The molecular formula is C12H18N2O. The molecule has 0 amide bonds. The summed E-state index contributed by atoms with van der Waals surface area (Å²) in [5.41, 5.74) is 0.886. The lowest BCUT2D eigenvalue weighted by Crippen LogP contribution is -2.12. The first-order valence-electron chi connectivity index (χ1n) is 5.24. The number of hydrogen-bond donors (Lipinski definition) is 1. The average molecular weight is 206 g/mol. The molecule has 0 atom stereocenters. The summed E-state index contributed by atoms with van der Waals surface area (Å²) in [7, 11) is 1.66. The predicted molar refractivity (Wildman–Crippen MR) is 63.0 cm³/mol. The van der Waals surface area contributed by atoms with Crippen LogP contribution in [0.4, 0.5) is 0 Å². The van der Waals surface area contributed by atoms with Gasteiger partial charge in [-0.05, 0) is 37.7 Å². The van der Waals surface area contributed by atoms with E-state index in [1.165, 1.54) is 0 Å². The van der Waals surface area contributed by atoms with Gasteiger partial charge in [0.15, 0.2) is 0 Å². The monoisotopic (exact) mass is 206 g/mol. The van der Waals surface area contributed by atoms with E-state index in [4.69, 9.17) is 4.74 Å². The predicted octanol–water partition coefficient (Wildman–Crippen LogP) is 2.10. The molecule has 1 rings (SSSR count). The second-order valence-electron chi connectivity index (χ2n) is 3.14. The molecule has 0 bridgehead atoms. The summed E-state index contributed by atoms with van der Waals surface area (Å²) in [6.45, 7) is 4.12. The van der Waals surface area contributed by atoms with Gasteiger partial charge in [0.2, 0.25) is 0 Å². The maximum absolute atomic E-state index is 5.19. The highest BCUT2D eigenvalue weighted by Gasteiger charge is 1.97. The van der Waals surface area contributed by atoms with E-state index in [0.29, 0.717) is 0 Å². The average Bonchev–Trinajstić information content (AvgIpc) is 2.29. The Kier molecular flexibility index (Phi) is 5.48. The number of ether oxygens (including phenoxy) is 1. The van der Waals surface area contributed by atoms with Crippen molar-refractivity contribution in [1.82, 2.24) is 10.3 Å². The van der Waals surface area contributed by atoms with Crippen molar-refractivity contribution >= 4 is 6.08 Å². The highest BCUT2D eigenvalue weighted by molar-refractivity contribution is 5.52. The van der Waals surface area contributed by atoms with Crippen molar-refractivity contribution < 1.29 is 4.74 Å². The molecule has 0 spiro atoms. The van der Waals surface area contributed by atoms with E-state index in [1.54, 1.807) is 13.3 Å². The lowest BCUT2D eigenvalue weighted by atomic mass is 10.2. The van der Waals surface area contributed by atoms with Crippen molar-refractivity contribution in [1.29, 1.82) is 0 Å². The molecule has 0 fully saturated rings. The number of pyridine rings is 1. The third-order valence-corrected chi connectivity index (χ3v) is 2.03. The van der Waals surface area contributed by atoms with Gasteiger partial charge in [0, 0.05) is 6.20 Å². The molecule has 0 radical (unpaired) electrons. The Hall–Kier alpha value is -1.35. The Morgan fingerprint density at radius 2 is 2.40 bits per heavy atom. The quantitative estimate of drug-likeness (QED) is 0.724. The summed E-state index contributed by atoms with van der Waals surface area (Å²) in [5, 5.41) is 3.26. The molecule has 3 nitrogen and oxygen atoms in total. The zero-order valence-electron chi connectivity index (χ0n) is 9.36. The van der Waals surface area contributed by atoms with Crippen molar-refractivity contribution in [3.8, 4) is 5.75 Å². The molecule has 0 aliphatic carbocycles. The zero-order valence-corrected chi connectivity index (χ0v) is 9.36. The highest BCUT2D eigenvalue weighted by Crippen LogP contribution is 2.15. The smallest absolute Gasteiger partial charge is 0.144 e. The molecule has 1 heterocycles. The van der Waals surface area contributed by atoms with Gasteiger partial charge in [-0.3, -0.25) is 4.98 Å². The fraction of sp³-hybridized carbons (Fsp3) is 0.417. The van der Waals surface area contributed by atoms with Crippen LogP contribution in [0.1, 0.15) is 19.0 Å². The topological polar surface area (TPSA) is 34.2 Å². The maximum Gasteiger partial charge on any atom is 0.144 e. The van der Waals surface area contributed by atoms with Crippen LogP contribution < -0.4 is 10.1 Å².